The van der Waals surface area contributed by atoms with Crippen LogP contribution in [0.2, 0.25) is 0 Å². The van der Waals surface area contributed by atoms with Gasteiger partial charge in [0.25, 0.3) is 5.91 Å². The molecule has 2 aliphatic rings. The average Bonchev–Trinajstić information content (AvgIpc) is 2.53. The standard InChI is InChI=1S/C17H22N2O3/c1-13-5-4-9-18(11-13)16(20)8-10-19-14-6-2-3-7-15(14)22-12-17(19)21/h2-3,6-7,13H,4-5,8-12H2,1H3/t13-/m0/s1. The van der Waals surface area contributed by atoms with E-state index in [9.17, 15) is 9.59 Å². The van der Waals surface area contributed by atoms with Gasteiger partial charge in [-0.05, 0) is 30.9 Å². The van der Waals surface area contributed by atoms with Crippen molar-refractivity contribution in [2.45, 2.75) is 26.2 Å². The zero-order valence-corrected chi connectivity index (χ0v) is 13.0. The third-order valence-electron chi connectivity index (χ3n) is 4.37. The molecule has 0 radical (unpaired) electrons. The van der Waals surface area contributed by atoms with E-state index in [-0.39, 0.29) is 18.4 Å². The predicted molar refractivity (Wildman–Crippen MR) is 83.9 cm³/mol. The highest BCUT2D eigenvalue weighted by Crippen LogP contribution is 2.31. The monoisotopic (exact) mass is 302 g/mol. The number of carbonyl (C=O) groups excluding carboxylic acids is 2. The van der Waals surface area contributed by atoms with Gasteiger partial charge in [-0.1, -0.05) is 19.1 Å². The Hall–Kier alpha value is -2.04. The molecule has 3 rings (SSSR count). The lowest BCUT2D eigenvalue weighted by Crippen LogP contribution is -2.43. The van der Waals surface area contributed by atoms with Crippen LogP contribution < -0.4 is 9.64 Å². The number of benzene rings is 1. The summed E-state index contributed by atoms with van der Waals surface area (Å²) in [4.78, 5) is 28.0. The molecule has 1 atom stereocenters. The maximum atomic E-state index is 12.4. The van der Waals surface area contributed by atoms with Crippen molar-refractivity contribution in [3.63, 3.8) is 0 Å². The lowest BCUT2D eigenvalue weighted by Gasteiger charge is -2.33. The van der Waals surface area contributed by atoms with Crippen molar-refractivity contribution < 1.29 is 14.3 Å². The van der Waals surface area contributed by atoms with Crippen LogP contribution in [0.5, 0.6) is 5.75 Å². The molecule has 1 aromatic carbocycles. The van der Waals surface area contributed by atoms with Gasteiger partial charge in [-0.25, -0.2) is 0 Å². The van der Waals surface area contributed by atoms with E-state index in [0.29, 0.717) is 24.6 Å². The van der Waals surface area contributed by atoms with Crippen molar-refractivity contribution in [3.8, 4) is 5.75 Å². The highest BCUT2D eigenvalue weighted by atomic mass is 16.5. The molecule has 2 amide bonds. The highest BCUT2D eigenvalue weighted by Gasteiger charge is 2.27. The van der Waals surface area contributed by atoms with Crippen molar-refractivity contribution in [2.24, 2.45) is 5.92 Å². The van der Waals surface area contributed by atoms with Crippen LogP contribution in [0.15, 0.2) is 24.3 Å². The molecule has 0 bridgehead atoms. The quantitative estimate of drug-likeness (QED) is 0.859. The van der Waals surface area contributed by atoms with Crippen molar-refractivity contribution in [3.05, 3.63) is 24.3 Å². The van der Waals surface area contributed by atoms with Crippen LogP contribution in [0.4, 0.5) is 5.69 Å². The molecule has 1 aromatic rings. The van der Waals surface area contributed by atoms with Gasteiger partial charge in [0.2, 0.25) is 5.91 Å². The van der Waals surface area contributed by atoms with E-state index < -0.39 is 0 Å². The van der Waals surface area contributed by atoms with Crippen LogP contribution in [0, 0.1) is 5.92 Å². The Morgan fingerprint density at radius 3 is 3.00 bits per heavy atom. The van der Waals surface area contributed by atoms with Crippen LogP contribution in [-0.4, -0.2) is 43.0 Å². The topological polar surface area (TPSA) is 49.9 Å². The van der Waals surface area contributed by atoms with Crippen LogP contribution in [-0.2, 0) is 9.59 Å². The average molecular weight is 302 g/mol. The minimum absolute atomic E-state index is 0.0476. The number of piperidine rings is 1. The number of amides is 2. The SMILES string of the molecule is C[C@H]1CCCN(C(=O)CCN2C(=O)COc3ccccc32)C1. The smallest absolute Gasteiger partial charge is 0.265 e. The second-order valence-electron chi connectivity index (χ2n) is 6.14. The van der Waals surface area contributed by atoms with Crippen LogP contribution in [0.3, 0.4) is 0 Å². The third-order valence-corrected chi connectivity index (χ3v) is 4.37. The van der Waals surface area contributed by atoms with Crippen LogP contribution in [0.25, 0.3) is 0 Å². The van der Waals surface area contributed by atoms with Gasteiger partial charge in [-0.15, -0.1) is 0 Å². The highest BCUT2D eigenvalue weighted by molar-refractivity contribution is 5.98. The molecular weight excluding hydrogens is 280 g/mol. The molecule has 0 N–H and O–H groups in total. The molecule has 0 unspecified atom stereocenters. The van der Waals surface area contributed by atoms with E-state index in [1.54, 1.807) is 4.90 Å². The summed E-state index contributed by atoms with van der Waals surface area (Å²) >= 11 is 0. The molecule has 0 spiro atoms. The van der Waals surface area contributed by atoms with E-state index in [4.69, 9.17) is 4.74 Å². The zero-order chi connectivity index (χ0) is 15.5. The number of rotatable bonds is 3. The Kier molecular flexibility index (Phi) is 4.32. The summed E-state index contributed by atoms with van der Waals surface area (Å²) in [7, 11) is 0. The predicted octanol–water partition coefficient (Wildman–Crippen LogP) is 2.06. The molecule has 2 aliphatic heterocycles. The van der Waals surface area contributed by atoms with E-state index >= 15 is 0 Å². The Morgan fingerprint density at radius 1 is 1.36 bits per heavy atom. The van der Waals surface area contributed by atoms with Gasteiger partial charge in [0, 0.05) is 26.1 Å². The van der Waals surface area contributed by atoms with Gasteiger partial charge in [0.1, 0.15) is 5.75 Å². The number of nitrogens with zero attached hydrogens (tertiary/aromatic N) is 2. The number of hydrogen-bond donors (Lipinski definition) is 0. The number of carbonyl (C=O) groups is 2. The maximum Gasteiger partial charge on any atom is 0.265 e. The summed E-state index contributed by atoms with van der Waals surface area (Å²) < 4.78 is 5.42. The largest absolute Gasteiger partial charge is 0.482 e. The zero-order valence-electron chi connectivity index (χ0n) is 13.0. The lowest BCUT2D eigenvalue weighted by atomic mass is 10.00. The maximum absolute atomic E-state index is 12.4. The molecule has 1 saturated heterocycles. The van der Waals surface area contributed by atoms with Gasteiger partial charge in [0.15, 0.2) is 6.61 Å². The van der Waals surface area contributed by atoms with Gasteiger partial charge in [-0.3, -0.25) is 9.59 Å². The van der Waals surface area contributed by atoms with E-state index in [2.05, 4.69) is 6.92 Å². The lowest BCUT2D eigenvalue weighted by molar-refractivity contribution is -0.132. The molecule has 0 saturated carbocycles. The molecule has 5 nitrogen and oxygen atoms in total. The third kappa shape index (κ3) is 3.08. The number of ether oxygens (including phenoxy) is 1. The molecule has 0 aliphatic carbocycles. The second kappa shape index (κ2) is 6.38. The van der Waals surface area contributed by atoms with Crippen LogP contribution >= 0.6 is 0 Å². The fraction of sp³-hybridized carbons (Fsp3) is 0.529. The minimum atomic E-state index is -0.0847. The Labute approximate surface area is 130 Å². The number of likely N-dealkylation sites (tertiary alicyclic amines) is 1. The summed E-state index contributed by atoms with van der Waals surface area (Å²) in [5.41, 5.74) is 0.763. The fourth-order valence-electron chi connectivity index (χ4n) is 3.18. The molecule has 2 heterocycles. The van der Waals surface area contributed by atoms with E-state index in [1.807, 2.05) is 29.2 Å². The first-order chi connectivity index (χ1) is 10.6. The number of para-hydroxylation sites is 2. The first-order valence-electron chi connectivity index (χ1n) is 7.95. The van der Waals surface area contributed by atoms with Gasteiger partial charge in [-0.2, -0.15) is 0 Å². The molecule has 118 valence electrons. The van der Waals surface area contributed by atoms with Crippen molar-refractivity contribution in [1.82, 2.24) is 4.90 Å². The molecule has 5 heteroatoms. The van der Waals surface area contributed by atoms with E-state index in [1.165, 1.54) is 6.42 Å². The molecular formula is C17H22N2O3. The van der Waals surface area contributed by atoms with Gasteiger partial charge in [0.05, 0.1) is 5.69 Å². The second-order valence-corrected chi connectivity index (χ2v) is 6.14. The van der Waals surface area contributed by atoms with Crippen molar-refractivity contribution >= 4 is 17.5 Å². The van der Waals surface area contributed by atoms with Crippen molar-refractivity contribution in [1.29, 1.82) is 0 Å². The number of anilines is 1. The summed E-state index contributed by atoms with van der Waals surface area (Å²) in [6, 6.07) is 7.47. The number of fused-ring (bicyclic) bond motifs is 1. The molecule has 22 heavy (non-hydrogen) atoms. The number of hydrogen-bond acceptors (Lipinski definition) is 3. The summed E-state index contributed by atoms with van der Waals surface area (Å²) in [6.45, 7) is 4.33. The Morgan fingerprint density at radius 2 is 2.18 bits per heavy atom. The first kappa shape index (κ1) is 14.9. The molecule has 1 fully saturated rings. The summed E-state index contributed by atoms with van der Waals surface area (Å²) in [6.07, 6.45) is 2.64. The minimum Gasteiger partial charge on any atom is -0.482 e. The Bertz CT molecular complexity index is 573. The molecule has 0 aromatic heterocycles. The normalized spacial score (nSPS) is 21.3. The van der Waals surface area contributed by atoms with Crippen molar-refractivity contribution in [2.75, 3.05) is 31.1 Å². The Balaban J connectivity index is 1.63. The summed E-state index contributed by atoms with van der Waals surface area (Å²) in [5, 5.41) is 0. The fourth-order valence-corrected chi connectivity index (χ4v) is 3.18. The first-order valence-corrected chi connectivity index (χ1v) is 7.95. The summed E-state index contributed by atoms with van der Waals surface area (Å²) in [5.74, 6) is 1.34. The van der Waals surface area contributed by atoms with E-state index in [0.717, 1.165) is 25.2 Å². The van der Waals surface area contributed by atoms with Gasteiger partial charge < -0.3 is 14.5 Å². The van der Waals surface area contributed by atoms with Gasteiger partial charge >= 0.3 is 0 Å². The van der Waals surface area contributed by atoms with Crippen LogP contribution in [0.1, 0.15) is 26.2 Å².